The van der Waals surface area contributed by atoms with Gasteiger partial charge in [-0.2, -0.15) is 0 Å². The van der Waals surface area contributed by atoms with E-state index < -0.39 is 14.9 Å². The van der Waals surface area contributed by atoms with E-state index in [1.165, 1.54) is 6.07 Å². The summed E-state index contributed by atoms with van der Waals surface area (Å²) in [6.45, 7) is 3.52. The van der Waals surface area contributed by atoms with E-state index in [1.807, 2.05) is 0 Å². The van der Waals surface area contributed by atoms with E-state index in [0.717, 1.165) is 0 Å². The van der Waals surface area contributed by atoms with E-state index in [-0.39, 0.29) is 29.0 Å². The summed E-state index contributed by atoms with van der Waals surface area (Å²) in [5.74, 6) is -0.212. The van der Waals surface area contributed by atoms with Crippen molar-refractivity contribution in [2.45, 2.75) is 37.1 Å². The topological polar surface area (TPSA) is 122 Å². The van der Waals surface area contributed by atoms with Crippen molar-refractivity contribution < 1.29 is 18.1 Å². The lowest BCUT2D eigenvalue weighted by molar-refractivity contribution is -0.385. The number of benzene rings is 2. The van der Waals surface area contributed by atoms with Gasteiger partial charge in [0, 0.05) is 25.1 Å². The molecule has 0 spiro atoms. The molecule has 1 saturated heterocycles. The normalized spacial score (nSPS) is 15.5. The van der Waals surface area contributed by atoms with Gasteiger partial charge in [0.1, 0.15) is 0 Å². The Balaban J connectivity index is 1.45. The molecule has 1 aliphatic heterocycles. The largest absolute Gasteiger partial charge is 0.326 e. The third-order valence-electron chi connectivity index (χ3n) is 5.39. The Kier molecular flexibility index (Phi) is 7.37. The van der Waals surface area contributed by atoms with E-state index in [4.69, 9.17) is 0 Å². The average molecular weight is 447 g/mol. The molecular weight excluding hydrogens is 420 g/mol. The summed E-state index contributed by atoms with van der Waals surface area (Å²) < 4.78 is 27.7. The molecule has 0 radical (unpaired) electrons. The van der Waals surface area contributed by atoms with Crippen LogP contribution >= 0.6 is 0 Å². The molecule has 1 heterocycles. The summed E-state index contributed by atoms with van der Waals surface area (Å²) >= 11 is 0. The van der Waals surface area contributed by atoms with Crippen molar-refractivity contribution in [1.82, 2.24) is 9.62 Å². The minimum atomic E-state index is -3.53. The van der Waals surface area contributed by atoms with Gasteiger partial charge >= 0.3 is 0 Å². The number of amides is 1. The van der Waals surface area contributed by atoms with E-state index >= 15 is 0 Å². The van der Waals surface area contributed by atoms with Crippen LogP contribution in [0.15, 0.2) is 53.4 Å². The Morgan fingerprint density at radius 3 is 2.45 bits per heavy atom. The Morgan fingerprint density at radius 1 is 1.13 bits per heavy atom. The third kappa shape index (κ3) is 6.09. The summed E-state index contributed by atoms with van der Waals surface area (Å²) in [6, 6.07) is 12.7. The number of nitrogens with one attached hydrogen (secondary N) is 2. The van der Waals surface area contributed by atoms with Crippen LogP contribution in [0.3, 0.4) is 0 Å². The zero-order valence-corrected chi connectivity index (χ0v) is 18.1. The van der Waals surface area contributed by atoms with Crippen LogP contribution in [0, 0.1) is 17.0 Å². The van der Waals surface area contributed by atoms with Gasteiger partial charge in [0.05, 0.1) is 21.1 Å². The maximum absolute atomic E-state index is 12.4. The quantitative estimate of drug-likeness (QED) is 0.475. The molecule has 1 fully saturated rings. The lowest BCUT2D eigenvalue weighted by Gasteiger charge is -2.32. The third-order valence-corrected chi connectivity index (χ3v) is 6.93. The molecule has 3 rings (SSSR count). The van der Waals surface area contributed by atoms with Crippen molar-refractivity contribution in [2.24, 2.45) is 0 Å². The van der Waals surface area contributed by atoms with Gasteiger partial charge in [-0.1, -0.05) is 24.3 Å². The monoisotopic (exact) mass is 446 g/mol. The highest BCUT2D eigenvalue weighted by Crippen LogP contribution is 2.25. The lowest BCUT2D eigenvalue weighted by atomic mass is 10.1. The molecule has 166 valence electrons. The number of sulfonamides is 1. The number of anilines is 1. The Labute approximate surface area is 181 Å². The fraction of sp³-hybridized carbons (Fsp3) is 0.381. The molecule has 0 aliphatic carbocycles. The number of hydrogen-bond donors (Lipinski definition) is 2. The summed E-state index contributed by atoms with van der Waals surface area (Å²) in [7, 11) is -3.53. The molecule has 9 nitrogen and oxygen atoms in total. The molecule has 10 heteroatoms. The number of hydrogen-bond acceptors (Lipinski definition) is 6. The first-order valence-electron chi connectivity index (χ1n) is 10.1. The first-order valence-corrected chi connectivity index (χ1v) is 11.6. The van der Waals surface area contributed by atoms with E-state index in [0.29, 0.717) is 43.7 Å². The Morgan fingerprint density at radius 2 is 1.81 bits per heavy atom. The molecule has 2 aromatic carbocycles. The number of rotatable bonds is 8. The Bertz CT molecular complexity index is 1030. The number of nitro groups is 1. The number of carbonyl (C=O) groups excluding carboxylic acids is 1. The lowest BCUT2D eigenvalue weighted by Crippen LogP contribution is -2.45. The van der Waals surface area contributed by atoms with Crippen LogP contribution in [0.4, 0.5) is 11.4 Å². The molecule has 2 aromatic rings. The van der Waals surface area contributed by atoms with Crippen molar-refractivity contribution in [3.63, 3.8) is 0 Å². The number of carbonyl (C=O) groups is 1. The first kappa shape index (κ1) is 22.9. The Hall–Kier alpha value is -2.82. The van der Waals surface area contributed by atoms with E-state index in [9.17, 15) is 23.3 Å². The minimum absolute atomic E-state index is 0.0298. The SMILES string of the molecule is Cc1c(NC(=O)CCN2CCC(NS(=O)(=O)c3ccccc3)CC2)cccc1[N+](=O)[O-]. The van der Waals surface area contributed by atoms with Gasteiger partial charge in [-0.05, 0) is 51.1 Å². The fourth-order valence-electron chi connectivity index (χ4n) is 3.59. The minimum Gasteiger partial charge on any atom is -0.326 e. The predicted molar refractivity (Wildman–Crippen MR) is 117 cm³/mol. The molecule has 0 aromatic heterocycles. The molecule has 0 unspecified atom stereocenters. The summed E-state index contributed by atoms with van der Waals surface area (Å²) in [5.41, 5.74) is 0.832. The smallest absolute Gasteiger partial charge is 0.274 e. The van der Waals surface area contributed by atoms with Crippen molar-refractivity contribution in [2.75, 3.05) is 25.0 Å². The highest BCUT2D eigenvalue weighted by Gasteiger charge is 2.25. The van der Waals surface area contributed by atoms with Crippen LogP contribution < -0.4 is 10.0 Å². The number of likely N-dealkylation sites (tertiary alicyclic amines) is 1. The molecule has 31 heavy (non-hydrogen) atoms. The van der Waals surface area contributed by atoms with Gasteiger partial charge in [0.25, 0.3) is 5.69 Å². The summed E-state index contributed by atoms with van der Waals surface area (Å²) in [6.07, 6.45) is 1.58. The standard InChI is InChI=1S/C21H26N4O5S/c1-16-19(8-5-9-20(16)25(27)28)22-21(26)12-15-24-13-10-17(11-14-24)23-31(29,30)18-6-3-2-4-7-18/h2-9,17,23H,10-15H2,1H3,(H,22,26). The molecular formula is C21H26N4O5S. The molecule has 2 N–H and O–H groups in total. The van der Waals surface area contributed by atoms with Gasteiger partial charge in [-0.3, -0.25) is 14.9 Å². The van der Waals surface area contributed by atoms with Crippen molar-refractivity contribution in [3.8, 4) is 0 Å². The zero-order chi connectivity index (χ0) is 22.4. The second kappa shape index (κ2) is 9.99. The van der Waals surface area contributed by atoms with Gasteiger partial charge < -0.3 is 10.2 Å². The molecule has 0 saturated carbocycles. The van der Waals surface area contributed by atoms with Crippen LogP contribution in [-0.4, -0.2) is 49.8 Å². The van der Waals surface area contributed by atoms with Crippen LogP contribution in [0.25, 0.3) is 0 Å². The van der Waals surface area contributed by atoms with Crippen molar-refractivity contribution in [1.29, 1.82) is 0 Å². The zero-order valence-electron chi connectivity index (χ0n) is 17.3. The van der Waals surface area contributed by atoms with Gasteiger partial charge in [0.15, 0.2) is 0 Å². The van der Waals surface area contributed by atoms with Crippen LogP contribution in [0.1, 0.15) is 24.8 Å². The first-order chi connectivity index (χ1) is 14.8. The van der Waals surface area contributed by atoms with Crippen LogP contribution in [0.5, 0.6) is 0 Å². The molecule has 1 amide bonds. The van der Waals surface area contributed by atoms with Gasteiger partial charge in [-0.25, -0.2) is 13.1 Å². The summed E-state index contributed by atoms with van der Waals surface area (Å²) in [5, 5.41) is 13.8. The second-order valence-corrected chi connectivity index (χ2v) is 9.27. The second-order valence-electron chi connectivity index (χ2n) is 7.56. The highest BCUT2D eigenvalue weighted by atomic mass is 32.2. The number of piperidine rings is 1. The van der Waals surface area contributed by atoms with E-state index in [1.54, 1.807) is 49.4 Å². The fourth-order valence-corrected chi connectivity index (χ4v) is 4.92. The van der Waals surface area contributed by atoms with Crippen LogP contribution in [0.2, 0.25) is 0 Å². The predicted octanol–water partition coefficient (Wildman–Crippen LogP) is 2.67. The maximum atomic E-state index is 12.4. The van der Waals surface area contributed by atoms with E-state index in [2.05, 4.69) is 14.9 Å². The van der Waals surface area contributed by atoms with Gasteiger partial charge in [0.2, 0.25) is 15.9 Å². The molecule has 1 aliphatic rings. The average Bonchev–Trinajstić information content (AvgIpc) is 2.75. The summed E-state index contributed by atoms with van der Waals surface area (Å²) in [4.78, 5) is 25.2. The molecule has 0 bridgehead atoms. The maximum Gasteiger partial charge on any atom is 0.274 e. The number of nitrogens with zero attached hydrogens (tertiary/aromatic N) is 2. The highest BCUT2D eigenvalue weighted by molar-refractivity contribution is 7.89. The van der Waals surface area contributed by atoms with Crippen LogP contribution in [-0.2, 0) is 14.8 Å². The van der Waals surface area contributed by atoms with Crippen molar-refractivity contribution >= 4 is 27.3 Å². The molecule has 0 atom stereocenters. The number of nitro benzene ring substituents is 1. The van der Waals surface area contributed by atoms with Crippen molar-refractivity contribution in [3.05, 3.63) is 64.2 Å². The van der Waals surface area contributed by atoms with Gasteiger partial charge in [-0.15, -0.1) is 0 Å².